The molecule has 6 nitrogen and oxygen atoms in total. The number of aliphatic carboxylic acids is 1. The SMILES string of the molecule is CCc1cc(C(=O)N(C2CC2)C(C)C(=O)O)n[nH]1. The van der Waals surface area contributed by atoms with Crippen molar-refractivity contribution in [3.8, 4) is 0 Å². The van der Waals surface area contributed by atoms with Crippen molar-refractivity contribution >= 4 is 11.9 Å². The summed E-state index contributed by atoms with van der Waals surface area (Å²) in [5, 5.41) is 15.8. The minimum absolute atomic E-state index is 0.0466. The lowest BCUT2D eigenvalue weighted by molar-refractivity contribution is -0.141. The number of carbonyl (C=O) groups excluding carboxylic acids is 1. The first kappa shape index (κ1) is 12.6. The molecular formula is C12H17N3O3. The topological polar surface area (TPSA) is 86.3 Å². The van der Waals surface area contributed by atoms with Crippen LogP contribution in [-0.2, 0) is 11.2 Å². The number of aryl methyl sites for hydroxylation is 1. The number of aromatic amines is 1. The maximum absolute atomic E-state index is 12.3. The van der Waals surface area contributed by atoms with E-state index in [1.165, 1.54) is 11.8 Å². The minimum Gasteiger partial charge on any atom is -0.480 e. The van der Waals surface area contributed by atoms with E-state index < -0.39 is 12.0 Å². The zero-order chi connectivity index (χ0) is 13.3. The van der Waals surface area contributed by atoms with Gasteiger partial charge in [-0.15, -0.1) is 0 Å². The third-order valence-corrected chi connectivity index (χ3v) is 3.18. The maximum Gasteiger partial charge on any atom is 0.326 e. The lowest BCUT2D eigenvalue weighted by Crippen LogP contribution is -2.44. The van der Waals surface area contributed by atoms with Gasteiger partial charge in [0.2, 0.25) is 0 Å². The summed E-state index contributed by atoms with van der Waals surface area (Å²) in [7, 11) is 0. The average Bonchev–Trinajstić information content (AvgIpc) is 3.05. The Labute approximate surface area is 105 Å². The standard InChI is InChI=1S/C12H17N3O3/c1-3-8-6-10(14-13-8)11(16)15(9-4-5-9)7(2)12(17)18/h6-7,9H,3-5H2,1-2H3,(H,13,14)(H,17,18). The van der Waals surface area contributed by atoms with Crippen molar-refractivity contribution in [3.05, 3.63) is 17.5 Å². The van der Waals surface area contributed by atoms with Gasteiger partial charge in [-0.1, -0.05) is 6.92 Å². The number of H-pyrrole nitrogens is 1. The van der Waals surface area contributed by atoms with Gasteiger partial charge in [-0.3, -0.25) is 9.89 Å². The second-order valence-corrected chi connectivity index (χ2v) is 4.59. The quantitative estimate of drug-likeness (QED) is 0.819. The number of hydrogen-bond acceptors (Lipinski definition) is 3. The van der Waals surface area contributed by atoms with Crippen molar-refractivity contribution < 1.29 is 14.7 Å². The number of carbonyl (C=O) groups is 2. The summed E-state index contributed by atoms with van der Waals surface area (Å²) >= 11 is 0. The van der Waals surface area contributed by atoms with E-state index in [0.717, 1.165) is 25.0 Å². The molecule has 0 bridgehead atoms. The molecule has 0 saturated heterocycles. The van der Waals surface area contributed by atoms with Gasteiger partial charge in [0.05, 0.1) is 0 Å². The number of rotatable bonds is 5. The molecule has 1 aliphatic carbocycles. The summed E-state index contributed by atoms with van der Waals surface area (Å²) in [4.78, 5) is 24.8. The van der Waals surface area contributed by atoms with Crippen molar-refractivity contribution in [1.29, 1.82) is 0 Å². The Hall–Kier alpha value is -1.85. The van der Waals surface area contributed by atoms with Gasteiger partial charge in [-0.2, -0.15) is 5.10 Å². The molecule has 1 aromatic heterocycles. The van der Waals surface area contributed by atoms with Crippen LogP contribution in [0.15, 0.2) is 6.07 Å². The summed E-state index contributed by atoms with van der Waals surface area (Å²) in [5.41, 5.74) is 1.17. The highest BCUT2D eigenvalue weighted by Gasteiger charge is 2.39. The fraction of sp³-hybridized carbons (Fsp3) is 0.583. The summed E-state index contributed by atoms with van der Waals surface area (Å²) in [5.74, 6) is -1.29. The van der Waals surface area contributed by atoms with Crippen molar-refractivity contribution in [1.82, 2.24) is 15.1 Å². The maximum atomic E-state index is 12.3. The number of nitrogens with one attached hydrogen (secondary N) is 1. The van der Waals surface area contributed by atoms with Gasteiger partial charge in [0.1, 0.15) is 11.7 Å². The molecule has 0 radical (unpaired) electrons. The van der Waals surface area contributed by atoms with Crippen LogP contribution in [-0.4, -0.2) is 44.2 Å². The first-order valence-electron chi connectivity index (χ1n) is 6.14. The van der Waals surface area contributed by atoms with Crippen LogP contribution in [0.2, 0.25) is 0 Å². The number of carboxylic acids is 1. The third-order valence-electron chi connectivity index (χ3n) is 3.18. The van der Waals surface area contributed by atoms with E-state index in [1.807, 2.05) is 6.92 Å². The van der Waals surface area contributed by atoms with Crippen molar-refractivity contribution in [3.63, 3.8) is 0 Å². The van der Waals surface area contributed by atoms with E-state index >= 15 is 0 Å². The smallest absolute Gasteiger partial charge is 0.326 e. The molecule has 18 heavy (non-hydrogen) atoms. The average molecular weight is 251 g/mol. The molecule has 0 aromatic carbocycles. The molecular weight excluding hydrogens is 234 g/mol. The van der Waals surface area contributed by atoms with E-state index in [4.69, 9.17) is 5.11 Å². The van der Waals surface area contributed by atoms with Gasteiger partial charge in [-0.25, -0.2) is 4.79 Å². The second-order valence-electron chi connectivity index (χ2n) is 4.59. The third kappa shape index (κ3) is 2.37. The van der Waals surface area contributed by atoms with Crippen LogP contribution in [0.5, 0.6) is 0 Å². The van der Waals surface area contributed by atoms with Crippen LogP contribution in [0.25, 0.3) is 0 Å². The molecule has 1 atom stereocenters. The highest BCUT2D eigenvalue weighted by atomic mass is 16.4. The molecule has 2 N–H and O–H groups in total. The number of amides is 1. The first-order chi connectivity index (χ1) is 8.54. The van der Waals surface area contributed by atoms with Crippen molar-refractivity contribution in [2.75, 3.05) is 0 Å². The Kier molecular flexibility index (Phi) is 3.36. The Morgan fingerprint density at radius 1 is 1.61 bits per heavy atom. The Morgan fingerprint density at radius 3 is 2.72 bits per heavy atom. The highest BCUT2D eigenvalue weighted by Crippen LogP contribution is 2.30. The Balaban J connectivity index is 2.20. The van der Waals surface area contributed by atoms with E-state index in [2.05, 4.69) is 10.2 Å². The number of aromatic nitrogens is 2. The lowest BCUT2D eigenvalue weighted by Gasteiger charge is -2.25. The number of hydrogen-bond donors (Lipinski definition) is 2. The fourth-order valence-corrected chi connectivity index (χ4v) is 1.91. The van der Waals surface area contributed by atoms with Gasteiger partial charge in [0, 0.05) is 11.7 Å². The van der Waals surface area contributed by atoms with Gasteiger partial charge < -0.3 is 10.0 Å². The molecule has 6 heteroatoms. The predicted molar refractivity (Wildman–Crippen MR) is 64.3 cm³/mol. The van der Waals surface area contributed by atoms with Gasteiger partial charge in [0.15, 0.2) is 0 Å². The van der Waals surface area contributed by atoms with Crippen LogP contribution in [0.4, 0.5) is 0 Å². The molecule has 0 spiro atoms. The summed E-state index contributed by atoms with van der Waals surface area (Å²) in [6.07, 6.45) is 2.50. The lowest BCUT2D eigenvalue weighted by atomic mass is 10.2. The van der Waals surface area contributed by atoms with Gasteiger partial charge in [-0.05, 0) is 32.3 Å². The van der Waals surface area contributed by atoms with Crippen LogP contribution in [0, 0.1) is 0 Å². The van der Waals surface area contributed by atoms with Gasteiger partial charge in [0.25, 0.3) is 5.91 Å². The van der Waals surface area contributed by atoms with Crippen LogP contribution >= 0.6 is 0 Å². The molecule has 1 heterocycles. The second kappa shape index (κ2) is 4.80. The van der Waals surface area contributed by atoms with E-state index in [9.17, 15) is 9.59 Å². The molecule has 98 valence electrons. The van der Waals surface area contributed by atoms with Gasteiger partial charge >= 0.3 is 5.97 Å². The molecule has 1 fully saturated rings. The van der Waals surface area contributed by atoms with Crippen LogP contribution in [0.3, 0.4) is 0 Å². The van der Waals surface area contributed by atoms with E-state index in [-0.39, 0.29) is 11.9 Å². The first-order valence-corrected chi connectivity index (χ1v) is 6.14. The van der Waals surface area contributed by atoms with E-state index in [0.29, 0.717) is 5.69 Å². The molecule has 0 aliphatic heterocycles. The molecule has 2 rings (SSSR count). The Morgan fingerprint density at radius 2 is 2.28 bits per heavy atom. The largest absolute Gasteiger partial charge is 0.480 e. The molecule has 1 amide bonds. The zero-order valence-electron chi connectivity index (χ0n) is 10.5. The molecule has 1 saturated carbocycles. The Bertz CT molecular complexity index is 465. The highest BCUT2D eigenvalue weighted by molar-refractivity contribution is 5.95. The van der Waals surface area contributed by atoms with Crippen LogP contribution in [0.1, 0.15) is 42.9 Å². The van der Waals surface area contributed by atoms with E-state index in [1.54, 1.807) is 6.07 Å². The van der Waals surface area contributed by atoms with Crippen molar-refractivity contribution in [2.45, 2.75) is 45.2 Å². The predicted octanol–water partition coefficient (Wildman–Crippen LogP) is 1.05. The minimum atomic E-state index is -0.985. The number of carboxylic acid groups (broad SMARTS) is 1. The normalized spacial score (nSPS) is 16.3. The summed E-state index contributed by atoms with van der Waals surface area (Å²) in [6.45, 7) is 3.49. The molecule has 1 unspecified atom stereocenters. The monoisotopic (exact) mass is 251 g/mol. The fourth-order valence-electron chi connectivity index (χ4n) is 1.91. The number of nitrogens with zero attached hydrogens (tertiary/aromatic N) is 2. The summed E-state index contributed by atoms with van der Waals surface area (Å²) < 4.78 is 0. The molecule has 1 aromatic rings. The zero-order valence-corrected chi connectivity index (χ0v) is 10.5. The summed E-state index contributed by atoms with van der Waals surface area (Å²) in [6, 6.07) is 0.920. The molecule has 1 aliphatic rings. The van der Waals surface area contributed by atoms with Crippen LogP contribution < -0.4 is 0 Å². The van der Waals surface area contributed by atoms with Crippen molar-refractivity contribution in [2.24, 2.45) is 0 Å².